The molecule has 80 valence electrons. The Morgan fingerprint density at radius 1 is 1.38 bits per heavy atom. The number of nitrogens with zero attached hydrogens (tertiary/aromatic N) is 3. The number of benzene rings is 1. The minimum atomic E-state index is 0.499. The second-order valence-corrected chi connectivity index (χ2v) is 3.71. The Kier molecular flexibility index (Phi) is 2.61. The van der Waals surface area contributed by atoms with Crippen molar-refractivity contribution in [2.24, 2.45) is 4.99 Å². The van der Waals surface area contributed by atoms with Gasteiger partial charge in [-0.1, -0.05) is 18.2 Å². The number of aromatic nitrogens is 1. The van der Waals surface area contributed by atoms with Crippen molar-refractivity contribution in [2.75, 3.05) is 14.1 Å². The van der Waals surface area contributed by atoms with Gasteiger partial charge in [0, 0.05) is 25.0 Å². The smallest absolute Gasteiger partial charge is 0.144 e. The third kappa shape index (κ3) is 1.75. The Bertz CT molecular complexity index is 572. The molecule has 2 aromatic rings. The van der Waals surface area contributed by atoms with E-state index in [0.717, 1.165) is 10.9 Å². The van der Waals surface area contributed by atoms with Gasteiger partial charge in [-0.2, -0.15) is 5.26 Å². The third-order valence-corrected chi connectivity index (χ3v) is 2.21. The highest BCUT2D eigenvalue weighted by molar-refractivity contribution is 5.95. The number of hydrogen-bond donors (Lipinski definition) is 1. The lowest BCUT2D eigenvalue weighted by Crippen LogP contribution is -2.06. The Hall–Kier alpha value is -2.28. The van der Waals surface area contributed by atoms with Crippen molar-refractivity contribution < 1.29 is 0 Å². The molecule has 0 aliphatic carbocycles. The van der Waals surface area contributed by atoms with E-state index in [1.807, 2.05) is 43.3 Å². The number of aromatic amines is 1. The zero-order valence-corrected chi connectivity index (χ0v) is 9.23. The summed E-state index contributed by atoms with van der Waals surface area (Å²) in [5.74, 6) is 0. The lowest BCUT2D eigenvalue weighted by Gasteiger charge is -2.01. The summed E-state index contributed by atoms with van der Waals surface area (Å²) in [6.45, 7) is 0. The fraction of sp³-hybridized carbons (Fsp3) is 0.167. The van der Waals surface area contributed by atoms with Crippen LogP contribution >= 0.6 is 0 Å². The summed E-state index contributed by atoms with van der Waals surface area (Å²) in [4.78, 5) is 9.19. The molecule has 0 amide bonds. The molecule has 16 heavy (non-hydrogen) atoms. The van der Waals surface area contributed by atoms with Crippen LogP contribution in [0.2, 0.25) is 0 Å². The van der Waals surface area contributed by atoms with Gasteiger partial charge in [0.1, 0.15) is 17.5 Å². The van der Waals surface area contributed by atoms with Crippen molar-refractivity contribution in [3.63, 3.8) is 0 Å². The monoisotopic (exact) mass is 212 g/mol. The summed E-state index contributed by atoms with van der Waals surface area (Å²) in [5.41, 5.74) is 2.14. The first kappa shape index (κ1) is 10.2. The van der Waals surface area contributed by atoms with Crippen LogP contribution in [0.5, 0.6) is 0 Å². The number of rotatable bonds is 2. The van der Waals surface area contributed by atoms with Crippen LogP contribution in [-0.4, -0.2) is 30.3 Å². The zero-order valence-electron chi connectivity index (χ0n) is 9.23. The zero-order chi connectivity index (χ0) is 11.5. The van der Waals surface area contributed by atoms with E-state index in [1.165, 1.54) is 0 Å². The standard InChI is InChI=1S/C12H12N4/c1-16(2)8-14-12-9-5-3-4-6-10(9)15-11(12)7-13/h3-6,8,15H,1-2H3. The van der Waals surface area contributed by atoms with Crippen molar-refractivity contribution in [1.29, 1.82) is 5.26 Å². The van der Waals surface area contributed by atoms with E-state index in [-0.39, 0.29) is 0 Å². The number of nitrogens with one attached hydrogen (secondary N) is 1. The maximum atomic E-state index is 9.02. The van der Waals surface area contributed by atoms with E-state index < -0.39 is 0 Å². The highest BCUT2D eigenvalue weighted by Gasteiger charge is 2.08. The molecule has 0 aliphatic rings. The van der Waals surface area contributed by atoms with Crippen LogP contribution in [-0.2, 0) is 0 Å². The molecule has 1 heterocycles. The van der Waals surface area contributed by atoms with Gasteiger partial charge in [-0.05, 0) is 6.07 Å². The van der Waals surface area contributed by atoms with Gasteiger partial charge in [0.2, 0.25) is 0 Å². The first-order chi connectivity index (χ1) is 7.72. The molecule has 1 aromatic heterocycles. The van der Waals surface area contributed by atoms with Gasteiger partial charge in [-0.3, -0.25) is 0 Å². The van der Waals surface area contributed by atoms with Crippen molar-refractivity contribution in [1.82, 2.24) is 9.88 Å². The van der Waals surface area contributed by atoms with Gasteiger partial charge in [-0.15, -0.1) is 0 Å². The molecule has 0 aliphatic heterocycles. The maximum Gasteiger partial charge on any atom is 0.144 e. The largest absolute Gasteiger partial charge is 0.369 e. The van der Waals surface area contributed by atoms with Crippen LogP contribution in [0.1, 0.15) is 5.69 Å². The molecule has 0 saturated carbocycles. The van der Waals surface area contributed by atoms with Crippen LogP contribution in [0.4, 0.5) is 5.69 Å². The number of hydrogen-bond acceptors (Lipinski definition) is 2. The van der Waals surface area contributed by atoms with Gasteiger partial charge in [-0.25, -0.2) is 4.99 Å². The minimum Gasteiger partial charge on any atom is -0.369 e. The van der Waals surface area contributed by atoms with Gasteiger partial charge < -0.3 is 9.88 Å². The summed E-state index contributed by atoms with van der Waals surface area (Å²) in [6, 6.07) is 9.88. The third-order valence-electron chi connectivity index (χ3n) is 2.21. The molecule has 0 bridgehead atoms. The van der Waals surface area contributed by atoms with E-state index in [1.54, 1.807) is 6.34 Å². The molecule has 0 spiro atoms. The van der Waals surface area contributed by atoms with Crippen LogP contribution in [0.3, 0.4) is 0 Å². The number of nitriles is 1. The molecule has 0 fully saturated rings. The normalized spacial score (nSPS) is 10.8. The SMILES string of the molecule is CN(C)C=Nc1c(C#N)[nH]c2ccccc12. The maximum absolute atomic E-state index is 9.02. The van der Waals surface area contributed by atoms with Gasteiger partial charge in [0.25, 0.3) is 0 Å². The quantitative estimate of drug-likeness (QED) is 0.613. The van der Waals surface area contributed by atoms with Crippen molar-refractivity contribution in [3.05, 3.63) is 30.0 Å². The first-order valence-electron chi connectivity index (χ1n) is 4.94. The highest BCUT2D eigenvalue weighted by atomic mass is 15.1. The van der Waals surface area contributed by atoms with E-state index in [9.17, 15) is 0 Å². The molecule has 1 N–H and O–H groups in total. The van der Waals surface area contributed by atoms with Crippen LogP contribution < -0.4 is 0 Å². The Morgan fingerprint density at radius 3 is 2.81 bits per heavy atom. The van der Waals surface area contributed by atoms with Crippen molar-refractivity contribution >= 4 is 22.9 Å². The molecular weight excluding hydrogens is 200 g/mol. The molecule has 2 rings (SSSR count). The van der Waals surface area contributed by atoms with Crippen LogP contribution in [0.25, 0.3) is 10.9 Å². The average molecular weight is 212 g/mol. The number of para-hydroxylation sites is 1. The van der Waals surface area contributed by atoms with Gasteiger partial charge in [0.15, 0.2) is 0 Å². The lowest BCUT2D eigenvalue weighted by molar-refractivity contribution is 0.643. The summed E-state index contributed by atoms with van der Waals surface area (Å²) in [6.07, 6.45) is 1.69. The molecule has 4 nitrogen and oxygen atoms in total. The number of H-pyrrole nitrogens is 1. The Balaban J connectivity index is 2.61. The fourth-order valence-electron chi connectivity index (χ4n) is 1.52. The molecule has 0 atom stereocenters. The number of fused-ring (bicyclic) bond motifs is 1. The second-order valence-electron chi connectivity index (χ2n) is 3.71. The van der Waals surface area contributed by atoms with E-state index in [0.29, 0.717) is 11.4 Å². The number of aliphatic imine (C=N–C) groups is 1. The van der Waals surface area contributed by atoms with Crippen molar-refractivity contribution in [3.8, 4) is 6.07 Å². The predicted octanol–water partition coefficient (Wildman–Crippen LogP) is 2.26. The first-order valence-corrected chi connectivity index (χ1v) is 4.94. The molecule has 0 unspecified atom stereocenters. The van der Waals surface area contributed by atoms with Crippen LogP contribution in [0, 0.1) is 11.3 Å². The second kappa shape index (κ2) is 4.07. The molecular formula is C12H12N4. The van der Waals surface area contributed by atoms with Crippen molar-refractivity contribution in [2.45, 2.75) is 0 Å². The van der Waals surface area contributed by atoms with Gasteiger partial charge in [0.05, 0.1) is 6.34 Å². The van der Waals surface area contributed by atoms with E-state index in [4.69, 9.17) is 5.26 Å². The van der Waals surface area contributed by atoms with Gasteiger partial charge >= 0.3 is 0 Å². The Labute approximate surface area is 93.8 Å². The topological polar surface area (TPSA) is 55.2 Å². The Morgan fingerprint density at radius 2 is 2.12 bits per heavy atom. The average Bonchev–Trinajstić information content (AvgIpc) is 2.64. The summed E-state index contributed by atoms with van der Waals surface area (Å²) >= 11 is 0. The predicted molar refractivity (Wildman–Crippen MR) is 64.9 cm³/mol. The molecule has 0 radical (unpaired) electrons. The summed E-state index contributed by atoms with van der Waals surface area (Å²) in [5, 5.41) is 9.99. The fourth-order valence-corrected chi connectivity index (χ4v) is 1.52. The summed E-state index contributed by atoms with van der Waals surface area (Å²) in [7, 11) is 3.79. The highest BCUT2D eigenvalue weighted by Crippen LogP contribution is 2.29. The van der Waals surface area contributed by atoms with E-state index >= 15 is 0 Å². The van der Waals surface area contributed by atoms with E-state index in [2.05, 4.69) is 16.0 Å². The minimum absolute atomic E-state index is 0.499. The molecule has 4 heteroatoms. The molecule has 1 aromatic carbocycles. The lowest BCUT2D eigenvalue weighted by atomic mass is 10.2. The van der Waals surface area contributed by atoms with Crippen LogP contribution in [0.15, 0.2) is 29.3 Å². The summed E-state index contributed by atoms with van der Waals surface area (Å²) < 4.78 is 0. The molecule has 0 saturated heterocycles.